The van der Waals surface area contributed by atoms with Crippen LogP contribution < -0.4 is 5.32 Å². The van der Waals surface area contributed by atoms with E-state index in [1.165, 1.54) is 0 Å². The lowest BCUT2D eigenvalue weighted by atomic mass is 9.82. The summed E-state index contributed by atoms with van der Waals surface area (Å²) in [4.78, 5) is 23.8. The summed E-state index contributed by atoms with van der Waals surface area (Å²) in [6.07, 6.45) is 6.11. The number of amides is 1. The third kappa shape index (κ3) is 4.28. The number of carboxylic acids is 1. The van der Waals surface area contributed by atoms with Crippen molar-refractivity contribution in [3.05, 3.63) is 41.5 Å². The van der Waals surface area contributed by atoms with E-state index < -0.39 is 28.6 Å². The number of carbonyl (C=O) groups is 2. The first-order valence-corrected chi connectivity index (χ1v) is 9.20. The third-order valence-electron chi connectivity index (χ3n) is 4.15. The lowest BCUT2D eigenvalue weighted by molar-refractivity contribution is -0.146. The van der Waals surface area contributed by atoms with Crippen molar-refractivity contribution in [2.45, 2.75) is 25.5 Å². The molecule has 2 rings (SSSR count). The molecule has 0 fully saturated rings. The summed E-state index contributed by atoms with van der Waals surface area (Å²) >= 11 is 0. The monoisotopic (exact) mass is 335 g/mol. The van der Waals surface area contributed by atoms with Crippen LogP contribution in [-0.4, -0.2) is 27.4 Å². The molecule has 1 amide bonds. The molecule has 3 atom stereocenters. The van der Waals surface area contributed by atoms with Crippen molar-refractivity contribution in [2.75, 3.05) is 11.6 Å². The average Bonchev–Trinajstić information content (AvgIpc) is 2.50. The fourth-order valence-electron chi connectivity index (χ4n) is 2.80. The largest absolute Gasteiger partial charge is 0.481 e. The average molecular weight is 335 g/mol. The molecule has 124 valence electrons. The molecule has 0 aliphatic heterocycles. The minimum atomic E-state index is -0.964. The summed E-state index contributed by atoms with van der Waals surface area (Å²) < 4.78 is 11.4. The van der Waals surface area contributed by atoms with Gasteiger partial charge < -0.3 is 10.4 Å². The summed E-state index contributed by atoms with van der Waals surface area (Å²) in [5, 5.41) is 12.1. The molecule has 0 aromatic heterocycles. The van der Waals surface area contributed by atoms with Gasteiger partial charge in [0.15, 0.2) is 0 Å². The van der Waals surface area contributed by atoms with Gasteiger partial charge >= 0.3 is 5.97 Å². The SMILES string of the molecule is Cc1c(C[S@@](C)=O)cccc1NC(=O)[C@@H]1CC=CC[C@@H]1C(=O)O. The van der Waals surface area contributed by atoms with Gasteiger partial charge in [-0.15, -0.1) is 0 Å². The number of carbonyl (C=O) groups excluding carboxylic acids is 1. The van der Waals surface area contributed by atoms with Gasteiger partial charge in [0.1, 0.15) is 0 Å². The Morgan fingerprint density at radius 1 is 1.26 bits per heavy atom. The molecule has 2 N–H and O–H groups in total. The minimum absolute atomic E-state index is 0.278. The number of benzene rings is 1. The number of allylic oxidation sites excluding steroid dienone is 2. The van der Waals surface area contributed by atoms with Crippen molar-refractivity contribution < 1.29 is 18.9 Å². The van der Waals surface area contributed by atoms with Gasteiger partial charge in [0.2, 0.25) is 5.91 Å². The second-order valence-electron chi connectivity index (χ2n) is 5.79. The van der Waals surface area contributed by atoms with Gasteiger partial charge in [-0.05, 0) is 37.0 Å². The predicted octanol–water partition coefficient (Wildman–Crippen LogP) is 2.48. The zero-order valence-electron chi connectivity index (χ0n) is 13.2. The van der Waals surface area contributed by atoms with Gasteiger partial charge in [0.05, 0.1) is 11.8 Å². The van der Waals surface area contributed by atoms with E-state index in [9.17, 15) is 18.9 Å². The first-order valence-electron chi connectivity index (χ1n) is 7.47. The van der Waals surface area contributed by atoms with Crippen molar-refractivity contribution in [1.29, 1.82) is 0 Å². The molecule has 1 aliphatic rings. The second kappa shape index (κ2) is 7.55. The van der Waals surface area contributed by atoms with Gasteiger partial charge in [-0.1, -0.05) is 24.3 Å². The van der Waals surface area contributed by atoms with E-state index in [0.717, 1.165) is 11.1 Å². The molecule has 1 aromatic rings. The second-order valence-corrected chi connectivity index (χ2v) is 7.23. The van der Waals surface area contributed by atoms with Crippen LogP contribution in [0.5, 0.6) is 0 Å². The maximum absolute atomic E-state index is 12.5. The van der Waals surface area contributed by atoms with Gasteiger partial charge in [-0.3, -0.25) is 13.8 Å². The maximum atomic E-state index is 12.5. The number of hydrogen-bond acceptors (Lipinski definition) is 3. The molecular formula is C17H21NO4S. The molecule has 0 unspecified atom stereocenters. The smallest absolute Gasteiger partial charge is 0.307 e. The Hall–Kier alpha value is -1.95. The van der Waals surface area contributed by atoms with E-state index in [-0.39, 0.29) is 5.91 Å². The van der Waals surface area contributed by atoms with Gasteiger partial charge in [-0.2, -0.15) is 0 Å². The van der Waals surface area contributed by atoms with Crippen molar-refractivity contribution in [2.24, 2.45) is 11.8 Å². The van der Waals surface area contributed by atoms with Crippen LogP contribution in [0.15, 0.2) is 30.4 Å². The zero-order chi connectivity index (χ0) is 17.0. The van der Waals surface area contributed by atoms with Crippen molar-refractivity contribution >= 4 is 28.4 Å². The number of hydrogen-bond donors (Lipinski definition) is 2. The van der Waals surface area contributed by atoms with Crippen molar-refractivity contribution in [3.63, 3.8) is 0 Å². The molecular weight excluding hydrogens is 314 g/mol. The molecule has 5 nitrogen and oxygen atoms in total. The Bertz CT molecular complexity index is 669. The Balaban J connectivity index is 2.18. The Kier molecular flexibility index (Phi) is 5.71. The summed E-state index contributed by atoms with van der Waals surface area (Å²) in [7, 11) is -0.964. The van der Waals surface area contributed by atoms with Crippen molar-refractivity contribution in [3.8, 4) is 0 Å². The molecule has 0 spiro atoms. The number of nitrogens with one attached hydrogen (secondary N) is 1. The number of rotatable bonds is 5. The van der Waals surface area contributed by atoms with Crippen molar-refractivity contribution in [1.82, 2.24) is 0 Å². The summed E-state index contributed by atoms with van der Waals surface area (Å²) in [5.41, 5.74) is 2.44. The highest BCUT2D eigenvalue weighted by atomic mass is 32.2. The zero-order valence-corrected chi connectivity index (χ0v) is 14.1. The third-order valence-corrected chi connectivity index (χ3v) is 4.87. The highest BCUT2D eigenvalue weighted by Crippen LogP contribution is 2.28. The molecule has 0 heterocycles. The molecule has 0 bridgehead atoms. The predicted molar refractivity (Wildman–Crippen MR) is 90.6 cm³/mol. The Morgan fingerprint density at radius 3 is 2.52 bits per heavy atom. The Morgan fingerprint density at radius 2 is 1.91 bits per heavy atom. The number of anilines is 1. The standard InChI is InChI=1S/C17H21NO4S/c1-11-12(10-23(2)22)6-5-9-15(11)18-16(19)13-7-3-4-8-14(13)17(20)21/h3-6,9,13-14H,7-8,10H2,1-2H3,(H,18,19)(H,20,21)/t13-,14+,23-/m1/s1. The molecule has 6 heteroatoms. The number of carboxylic acid groups (broad SMARTS) is 1. The van der Waals surface area contributed by atoms with Crippen LogP contribution in [0.3, 0.4) is 0 Å². The fourth-order valence-corrected chi connectivity index (χ4v) is 3.55. The van der Waals surface area contributed by atoms with E-state index in [4.69, 9.17) is 0 Å². The summed E-state index contributed by atoms with van der Waals surface area (Å²) in [5.74, 6) is -2.05. The first-order chi connectivity index (χ1) is 10.9. The molecule has 1 aliphatic carbocycles. The molecule has 23 heavy (non-hydrogen) atoms. The van der Waals surface area contributed by atoms with E-state index in [0.29, 0.717) is 24.3 Å². The van der Waals surface area contributed by atoms with Crippen LogP contribution in [0.2, 0.25) is 0 Å². The van der Waals surface area contributed by atoms with Crippen LogP contribution in [0.4, 0.5) is 5.69 Å². The van der Waals surface area contributed by atoms with Crippen LogP contribution in [0.25, 0.3) is 0 Å². The first kappa shape index (κ1) is 17.4. The molecule has 1 aromatic carbocycles. The number of aliphatic carboxylic acids is 1. The van der Waals surface area contributed by atoms with E-state index >= 15 is 0 Å². The van der Waals surface area contributed by atoms with Gasteiger partial charge in [-0.25, -0.2) is 0 Å². The van der Waals surface area contributed by atoms with E-state index in [1.54, 1.807) is 18.4 Å². The summed E-state index contributed by atoms with van der Waals surface area (Å²) in [6.45, 7) is 1.87. The molecule has 0 radical (unpaired) electrons. The normalized spacial score (nSPS) is 21.7. The topological polar surface area (TPSA) is 83.5 Å². The molecule has 0 saturated carbocycles. The van der Waals surface area contributed by atoms with E-state index in [2.05, 4.69) is 5.32 Å². The highest BCUT2D eigenvalue weighted by Gasteiger charge is 2.34. The van der Waals surface area contributed by atoms with Gasteiger partial charge in [0, 0.05) is 28.5 Å². The summed E-state index contributed by atoms with van der Waals surface area (Å²) in [6, 6.07) is 5.47. The van der Waals surface area contributed by atoms with Crippen LogP contribution in [0, 0.1) is 18.8 Å². The fraction of sp³-hybridized carbons (Fsp3) is 0.412. The highest BCUT2D eigenvalue weighted by molar-refractivity contribution is 7.83. The lowest BCUT2D eigenvalue weighted by Gasteiger charge is -2.24. The van der Waals surface area contributed by atoms with Crippen LogP contribution in [0.1, 0.15) is 24.0 Å². The maximum Gasteiger partial charge on any atom is 0.307 e. The molecule has 0 saturated heterocycles. The van der Waals surface area contributed by atoms with Crippen LogP contribution in [-0.2, 0) is 26.1 Å². The Labute approximate surface area is 138 Å². The minimum Gasteiger partial charge on any atom is -0.481 e. The lowest BCUT2D eigenvalue weighted by Crippen LogP contribution is -2.34. The van der Waals surface area contributed by atoms with E-state index in [1.807, 2.05) is 25.1 Å². The quantitative estimate of drug-likeness (QED) is 0.810. The van der Waals surface area contributed by atoms with Crippen LogP contribution >= 0.6 is 0 Å². The van der Waals surface area contributed by atoms with Gasteiger partial charge in [0.25, 0.3) is 0 Å².